The number of carbonyl (C=O) groups excluding carboxylic acids is 1. The fourth-order valence-electron chi connectivity index (χ4n) is 1.05. The summed E-state index contributed by atoms with van der Waals surface area (Å²) < 4.78 is 8.88. The second-order valence-corrected chi connectivity index (χ2v) is 6.65. The Bertz CT molecular complexity index is 363. The fourth-order valence-corrected chi connectivity index (χ4v) is 1.72. The van der Waals surface area contributed by atoms with Gasteiger partial charge in [0.05, 0.1) is 0 Å². The molecule has 0 aliphatic heterocycles. The summed E-state index contributed by atoms with van der Waals surface area (Å²) in [7, 11) is 0.589. The summed E-state index contributed by atoms with van der Waals surface area (Å²) in [6.45, 7) is 1.55. The largest absolute Gasteiger partial charge is 0.436 e. The number of nitrogens with one attached hydrogen (secondary N) is 1. The Morgan fingerprint density at radius 1 is 1.40 bits per heavy atom. The van der Waals surface area contributed by atoms with Crippen LogP contribution in [0.2, 0.25) is 0 Å². The Hall–Kier alpha value is -1.00. The molecular weight excluding hydrogens is 210 g/mol. The average molecular weight is 227 g/mol. The molecule has 0 saturated heterocycles. The summed E-state index contributed by atoms with van der Waals surface area (Å²) in [6, 6.07) is 7.25. The quantitative estimate of drug-likeness (QED) is 0.803. The van der Waals surface area contributed by atoms with Gasteiger partial charge in [0.1, 0.15) is 5.75 Å². The maximum absolute atomic E-state index is 11.2. The van der Waals surface area contributed by atoms with Crippen LogP contribution in [-0.2, 0) is 0 Å². The lowest BCUT2D eigenvalue weighted by molar-refractivity contribution is 0.101. The molecule has 0 amide bonds. The van der Waals surface area contributed by atoms with Gasteiger partial charge in [-0.1, -0.05) is 12.1 Å². The van der Waals surface area contributed by atoms with Crippen LogP contribution in [0.1, 0.15) is 17.3 Å². The van der Waals surface area contributed by atoms with Gasteiger partial charge >= 0.3 is 0 Å². The summed E-state index contributed by atoms with van der Waals surface area (Å²) in [5, 5.41) is 0. The fraction of sp³-hybridized carbons (Fsp3) is 0.364. The van der Waals surface area contributed by atoms with E-state index >= 15 is 0 Å². The lowest BCUT2D eigenvalue weighted by Gasteiger charge is -2.30. The molecule has 0 bridgehead atoms. The van der Waals surface area contributed by atoms with Crippen molar-refractivity contribution in [3.63, 3.8) is 0 Å². The molecule has 15 heavy (non-hydrogen) atoms. The van der Waals surface area contributed by atoms with E-state index < -0.39 is 10.5 Å². The SMILES string of the molecule is CNS(C)(C)Oc1cccc(C(C)=O)c1. The van der Waals surface area contributed by atoms with Gasteiger partial charge in [-0.05, 0) is 36.6 Å². The highest BCUT2D eigenvalue weighted by Crippen LogP contribution is 2.36. The molecule has 0 heterocycles. The number of benzene rings is 1. The Labute approximate surface area is 92.5 Å². The van der Waals surface area contributed by atoms with Crippen LogP contribution in [0.4, 0.5) is 0 Å². The monoisotopic (exact) mass is 227 g/mol. The summed E-state index contributed by atoms with van der Waals surface area (Å²) in [5.74, 6) is 0.787. The molecule has 0 fully saturated rings. The van der Waals surface area contributed by atoms with Gasteiger partial charge < -0.3 is 4.18 Å². The first-order chi connectivity index (χ1) is 6.94. The van der Waals surface area contributed by atoms with Crippen molar-refractivity contribution in [1.29, 1.82) is 0 Å². The van der Waals surface area contributed by atoms with Gasteiger partial charge in [0, 0.05) is 18.1 Å². The predicted octanol–water partition coefficient (Wildman–Crippen LogP) is 2.38. The number of Topliss-reactive ketones (excluding diaryl/α,β-unsaturated/α-hetero) is 1. The summed E-state index contributed by atoms with van der Waals surface area (Å²) >= 11 is 0. The Morgan fingerprint density at radius 3 is 2.60 bits per heavy atom. The minimum atomic E-state index is -1.28. The highest BCUT2D eigenvalue weighted by Gasteiger charge is 2.10. The van der Waals surface area contributed by atoms with Crippen LogP contribution in [0.3, 0.4) is 0 Å². The lowest BCUT2D eigenvalue weighted by Crippen LogP contribution is -2.18. The normalized spacial score (nSPS) is 12.3. The van der Waals surface area contributed by atoms with E-state index in [9.17, 15) is 4.79 Å². The van der Waals surface area contributed by atoms with Gasteiger partial charge in [0.2, 0.25) is 0 Å². The zero-order valence-corrected chi connectivity index (χ0v) is 10.4. The molecule has 1 aromatic carbocycles. The van der Waals surface area contributed by atoms with Crippen LogP contribution in [0, 0.1) is 0 Å². The third-order valence-corrected chi connectivity index (χ3v) is 3.63. The molecule has 1 N–H and O–H groups in total. The molecule has 0 atom stereocenters. The Balaban J connectivity index is 2.87. The lowest BCUT2D eigenvalue weighted by atomic mass is 10.1. The van der Waals surface area contributed by atoms with Gasteiger partial charge in [0.15, 0.2) is 5.78 Å². The molecule has 4 heteroatoms. The topological polar surface area (TPSA) is 38.3 Å². The second kappa shape index (κ2) is 4.68. The first-order valence-corrected chi connectivity index (χ1v) is 7.04. The summed E-state index contributed by atoms with van der Waals surface area (Å²) in [5.41, 5.74) is 0.679. The van der Waals surface area contributed by atoms with E-state index in [-0.39, 0.29) is 5.78 Å². The third kappa shape index (κ3) is 3.57. The van der Waals surface area contributed by atoms with Crippen LogP contribution >= 0.6 is 10.5 Å². The van der Waals surface area contributed by atoms with E-state index in [0.29, 0.717) is 5.56 Å². The molecule has 0 aliphatic rings. The molecule has 0 radical (unpaired) electrons. The van der Waals surface area contributed by atoms with Crippen molar-refractivity contribution in [3.05, 3.63) is 29.8 Å². The molecule has 0 unspecified atom stereocenters. The van der Waals surface area contributed by atoms with Crippen molar-refractivity contribution in [2.75, 3.05) is 19.6 Å². The summed E-state index contributed by atoms with van der Waals surface area (Å²) in [4.78, 5) is 11.2. The smallest absolute Gasteiger partial charge is 0.159 e. The van der Waals surface area contributed by atoms with E-state index in [4.69, 9.17) is 4.18 Å². The maximum atomic E-state index is 11.2. The number of hydrogen-bond acceptors (Lipinski definition) is 3. The van der Waals surface area contributed by atoms with E-state index in [0.717, 1.165) is 5.75 Å². The number of ketones is 1. The molecule has 3 nitrogen and oxygen atoms in total. The molecule has 1 aromatic rings. The third-order valence-electron chi connectivity index (χ3n) is 2.04. The van der Waals surface area contributed by atoms with Gasteiger partial charge in [0.25, 0.3) is 0 Å². The minimum Gasteiger partial charge on any atom is -0.436 e. The molecule has 0 aromatic heterocycles. The van der Waals surface area contributed by atoms with Crippen LogP contribution in [0.5, 0.6) is 5.75 Å². The Morgan fingerprint density at radius 2 is 2.07 bits per heavy atom. The first kappa shape index (κ1) is 12.1. The number of hydrogen-bond donors (Lipinski definition) is 1. The van der Waals surface area contributed by atoms with Gasteiger partial charge in [-0.3, -0.25) is 9.52 Å². The maximum Gasteiger partial charge on any atom is 0.159 e. The van der Waals surface area contributed by atoms with E-state index in [1.54, 1.807) is 19.1 Å². The standard InChI is InChI=1S/C11H17NO2S/c1-9(13)10-6-5-7-11(8-10)14-15(3,4)12-2/h5-8,12H,1-4H3. The molecule has 0 saturated carbocycles. The Kier molecular flexibility index (Phi) is 3.77. The zero-order chi connectivity index (χ0) is 11.5. The molecule has 1 rings (SSSR count). The second-order valence-electron chi connectivity index (χ2n) is 3.60. The van der Waals surface area contributed by atoms with E-state index in [2.05, 4.69) is 4.72 Å². The predicted molar refractivity (Wildman–Crippen MR) is 65.6 cm³/mol. The van der Waals surface area contributed by atoms with Crippen molar-refractivity contribution < 1.29 is 8.98 Å². The van der Waals surface area contributed by atoms with Gasteiger partial charge in [-0.25, -0.2) is 0 Å². The van der Waals surface area contributed by atoms with Crippen LogP contribution in [0.15, 0.2) is 24.3 Å². The average Bonchev–Trinajstić information content (AvgIpc) is 2.17. The number of rotatable bonds is 4. The van der Waals surface area contributed by atoms with Gasteiger partial charge in [-0.2, -0.15) is 0 Å². The minimum absolute atomic E-state index is 0.0534. The summed E-state index contributed by atoms with van der Waals surface area (Å²) in [6.07, 6.45) is 4.01. The first-order valence-electron chi connectivity index (χ1n) is 4.67. The zero-order valence-electron chi connectivity index (χ0n) is 9.53. The van der Waals surface area contributed by atoms with Crippen molar-refractivity contribution in [2.24, 2.45) is 0 Å². The number of carbonyl (C=O) groups is 1. The highest BCUT2D eigenvalue weighted by molar-refractivity contribution is 8.27. The molecular formula is C11H17NO2S. The highest BCUT2D eigenvalue weighted by atomic mass is 32.3. The van der Waals surface area contributed by atoms with E-state index in [1.165, 1.54) is 0 Å². The van der Waals surface area contributed by atoms with Crippen LogP contribution < -0.4 is 8.91 Å². The molecule has 0 aliphatic carbocycles. The van der Waals surface area contributed by atoms with Crippen molar-refractivity contribution in [1.82, 2.24) is 4.72 Å². The van der Waals surface area contributed by atoms with Gasteiger partial charge in [-0.15, -0.1) is 0 Å². The molecule has 84 valence electrons. The van der Waals surface area contributed by atoms with Crippen molar-refractivity contribution in [3.8, 4) is 5.75 Å². The van der Waals surface area contributed by atoms with Crippen molar-refractivity contribution in [2.45, 2.75) is 6.92 Å². The van der Waals surface area contributed by atoms with E-state index in [1.807, 2.05) is 31.7 Å². The van der Waals surface area contributed by atoms with Crippen LogP contribution in [-0.4, -0.2) is 25.3 Å². The van der Waals surface area contributed by atoms with Crippen molar-refractivity contribution >= 4 is 16.3 Å². The molecule has 0 spiro atoms. The van der Waals surface area contributed by atoms with Crippen LogP contribution in [0.25, 0.3) is 0 Å².